The van der Waals surface area contributed by atoms with Crippen LogP contribution < -0.4 is 10.1 Å². The van der Waals surface area contributed by atoms with Crippen molar-refractivity contribution < 1.29 is 9.53 Å². The Balaban J connectivity index is 1.40. The van der Waals surface area contributed by atoms with E-state index in [2.05, 4.69) is 20.6 Å². The van der Waals surface area contributed by atoms with Crippen molar-refractivity contribution in [1.82, 2.24) is 20.0 Å². The van der Waals surface area contributed by atoms with Crippen LogP contribution in [-0.4, -0.2) is 25.9 Å². The number of aromatic nitrogens is 4. The van der Waals surface area contributed by atoms with Gasteiger partial charge in [0.05, 0.1) is 0 Å². The standard InChI is InChI=1S/C20H15N5O2/c26-20(15-5-2-1-3-6-15)22-16-7-9-17(10-8-16)27-19-12-11-18(23-24-19)25-14-4-13-21-25/h1-14H,(H,22,26). The van der Waals surface area contributed by atoms with Gasteiger partial charge in [-0.15, -0.1) is 10.2 Å². The fourth-order valence-electron chi connectivity index (χ4n) is 2.41. The monoisotopic (exact) mass is 357 g/mol. The van der Waals surface area contributed by atoms with E-state index in [1.807, 2.05) is 24.3 Å². The Hall–Kier alpha value is -4.00. The van der Waals surface area contributed by atoms with Gasteiger partial charge in [0.25, 0.3) is 5.91 Å². The highest BCUT2D eigenvalue weighted by molar-refractivity contribution is 6.04. The van der Waals surface area contributed by atoms with Crippen molar-refractivity contribution in [3.8, 4) is 17.4 Å². The van der Waals surface area contributed by atoms with E-state index in [1.165, 1.54) is 0 Å². The van der Waals surface area contributed by atoms with Crippen molar-refractivity contribution in [3.05, 3.63) is 90.8 Å². The third-order valence-corrected chi connectivity index (χ3v) is 3.74. The molecule has 2 aromatic heterocycles. The molecule has 1 N–H and O–H groups in total. The van der Waals surface area contributed by atoms with E-state index in [0.717, 1.165) is 0 Å². The number of rotatable bonds is 5. The highest BCUT2D eigenvalue weighted by Gasteiger charge is 2.06. The van der Waals surface area contributed by atoms with Gasteiger partial charge >= 0.3 is 0 Å². The molecule has 0 spiro atoms. The number of benzene rings is 2. The molecule has 4 rings (SSSR count). The maximum absolute atomic E-state index is 12.2. The summed E-state index contributed by atoms with van der Waals surface area (Å²) in [6.07, 6.45) is 3.46. The molecule has 0 saturated carbocycles. The summed E-state index contributed by atoms with van der Waals surface area (Å²) >= 11 is 0. The van der Waals surface area contributed by atoms with Gasteiger partial charge in [0.15, 0.2) is 5.82 Å². The van der Waals surface area contributed by atoms with Crippen molar-refractivity contribution in [2.24, 2.45) is 0 Å². The molecule has 0 atom stereocenters. The van der Waals surface area contributed by atoms with Gasteiger partial charge in [-0.25, -0.2) is 4.68 Å². The molecule has 0 saturated heterocycles. The first kappa shape index (κ1) is 16.5. The van der Waals surface area contributed by atoms with Crippen LogP contribution in [0.2, 0.25) is 0 Å². The van der Waals surface area contributed by atoms with Crippen molar-refractivity contribution in [2.45, 2.75) is 0 Å². The summed E-state index contributed by atoms with van der Waals surface area (Å²) in [4.78, 5) is 12.2. The third-order valence-electron chi connectivity index (χ3n) is 3.74. The Morgan fingerprint density at radius 1 is 0.889 bits per heavy atom. The van der Waals surface area contributed by atoms with Crippen LogP contribution in [0.25, 0.3) is 5.82 Å². The molecule has 0 bridgehead atoms. The minimum absolute atomic E-state index is 0.163. The van der Waals surface area contributed by atoms with Gasteiger partial charge in [0.2, 0.25) is 5.88 Å². The molecule has 0 unspecified atom stereocenters. The fourth-order valence-corrected chi connectivity index (χ4v) is 2.41. The van der Waals surface area contributed by atoms with Crippen molar-refractivity contribution in [2.75, 3.05) is 5.32 Å². The summed E-state index contributed by atoms with van der Waals surface area (Å²) < 4.78 is 7.29. The number of nitrogens with one attached hydrogen (secondary N) is 1. The van der Waals surface area contributed by atoms with Gasteiger partial charge in [0, 0.05) is 29.7 Å². The van der Waals surface area contributed by atoms with Crippen LogP contribution in [0.15, 0.2) is 85.2 Å². The van der Waals surface area contributed by atoms with Crippen LogP contribution in [0.3, 0.4) is 0 Å². The average molecular weight is 357 g/mol. The third kappa shape index (κ3) is 3.98. The molecule has 132 valence electrons. The van der Waals surface area contributed by atoms with E-state index in [-0.39, 0.29) is 5.91 Å². The van der Waals surface area contributed by atoms with Crippen molar-refractivity contribution in [3.63, 3.8) is 0 Å². The Morgan fingerprint density at radius 2 is 1.70 bits per heavy atom. The van der Waals surface area contributed by atoms with Crippen LogP contribution in [-0.2, 0) is 0 Å². The quantitative estimate of drug-likeness (QED) is 0.589. The molecule has 7 heteroatoms. The van der Waals surface area contributed by atoms with Crippen LogP contribution in [0.4, 0.5) is 5.69 Å². The van der Waals surface area contributed by atoms with E-state index in [0.29, 0.717) is 28.7 Å². The minimum Gasteiger partial charge on any atom is -0.438 e. The Morgan fingerprint density at radius 3 is 2.37 bits per heavy atom. The van der Waals surface area contributed by atoms with E-state index < -0.39 is 0 Å². The smallest absolute Gasteiger partial charge is 0.255 e. The molecule has 7 nitrogen and oxygen atoms in total. The van der Waals surface area contributed by atoms with Crippen LogP contribution in [0.5, 0.6) is 11.6 Å². The SMILES string of the molecule is O=C(Nc1ccc(Oc2ccc(-n3cccn3)nn2)cc1)c1ccccc1. The van der Waals surface area contributed by atoms with Gasteiger partial charge in [-0.3, -0.25) is 4.79 Å². The zero-order valence-corrected chi connectivity index (χ0v) is 14.2. The summed E-state index contributed by atoms with van der Waals surface area (Å²) in [6.45, 7) is 0. The summed E-state index contributed by atoms with van der Waals surface area (Å²) in [6, 6.07) is 21.4. The van der Waals surface area contributed by atoms with Crippen LogP contribution in [0, 0.1) is 0 Å². The second kappa shape index (κ2) is 7.49. The van der Waals surface area contributed by atoms with E-state index in [1.54, 1.807) is 65.6 Å². The molecule has 27 heavy (non-hydrogen) atoms. The molecule has 0 fully saturated rings. The van der Waals surface area contributed by atoms with Crippen LogP contribution >= 0.6 is 0 Å². The second-order valence-electron chi connectivity index (χ2n) is 5.63. The predicted molar refractivity (Wildman–Crippen MR) is 100 cm³/mol. The number of carbonyl (C=O) groups excluding carboxylic acids is 1. The van der Waals surface area contributed by atoms with Gasteiger partial charge in [0.1, 0.15) is 5.75 Å². The lowest BCUT2D eigenvalue weighted by molar-refractivity contribution is 0.102. The molecule has 2 heterocycles. The first-order valence-corrected chi connectivity index (χ1v) is 8.26. The molecular formula is C20H15N5O2. The topological polar surface area (TPSA) is 81.9 Å². The molecule has 0 aliphatic carbocycles. The summed E-state index contributed by atoms with van der Waals surface area (Å²) in [5.74, 6) is 1.40. The maximum Gasteiger partial charge on any atom is 0.255 e. The lowest BCUT2D eigenvalue weighted by Crippen LogP contribution is -2.11. The summed E-state index contributed by atoms with van der Waals surface area (Å²) in [5, 5.41) is 15.0. The van der Waals surface area contributed by atoms with Gasteiger partial charge in [-0.1, -0.05) is 18.2 Å². The number of anilines is 1. The van der Waals surface area contributed by atoms with Crippen molar-refractivity contribution >= 4 is 11.6 Å². The minimum atomic E-state index is -0.163. The molecule has 2 aromatic carbocycles. The zero-order chi connectivity index (χ0) is 18.5. The van der Waals surface area contributed by atoms with Gasteiger partial charge in [-0.05, 0) is 48.5 Å². The molecular weight excluding hydrogens is 342 g/mol. The first-order valence-electron chi connectivity index (χ1n) is 8.26. The number of nitrogens with zero attached hydrogens (tertiary/aromatic N) is 4. The number of amides is 1. The molecule has 0 aliphatic heterocycles. The number of carbonyl (C=O) groups is 1. The number of hydrogen-bond donors (Lipinski definition) is 1. The molecule has 1 amide bonds. The Labute approximate surface area is 155 Å². The normalized spacial score (nSPS) is 10.4. The fraction of sp³-hybridized carbons (Fsp3) is 0. The lowest BCUT2D eigenvalue weighted by Gasteiger charge is -2.08. The van der Waals surface area contributed by atoms with Crippen LogP contribution in [0.1, 0.15) is 10.4 Å². The highest BCUT2D eigenvalue weighted by Crippen LogP contribution is 2.21. The second-order valence-corrected chi connectivity index (χ2v) is 5.63. The Bertz CT molecular complexity index is 1010. The molecule has 0 aliphatic rings. The summed E-state index contributed by atoms with van der Waals surface area (Å²) in [7, 11) is 0. The molecule has 4 aromatic rings. The highest BCUT2D eigenvalue weighted by atomic mass is 16.5. The van der Waals surface area contributed by atoms with E-state index in [9.17, 15) is 4.79 Å². The average Bonchev–Trinajstić information content (AvgIpc) is 3.26. The number of hydrogen-bond acceptors (Lipinski definition) is 5. The van der Waals surface area contributed by atoms with Gasteiger partial charge < -0.3 is 10.1 Å². The Kier molecular flexibility index (Phi) is 4.57. The first-order chi connectivity index (χ1) is 13.3. The largest absolute Gasteiger partial charge is 0.438 e. The maximum atomic E-state index is 12.2. The predicted octanol–water partition coefficient (Wildman–Crippen LogP) is 3.71. The number of ether oxygens (including phenoxy) is 1. The summed E-state index contributed by atoms with van der Waals surface area (Å²) in [5.41, 5.74) is 1.28. The van der Waals surface area contributed by atoms with E-state index >= 15 is 0 Å². The van der Waals surface area contributed by atoms with Crippen molar-refractivity contribution in [1.29, 1.82) is 0 Å². The zero-order valence-electron chi connectivity index (χ0n) is 14.2. The van der Waals surface area contributed by atoms with Gasteiger partial charge in [-0.2, -0.15) is 5.10 Å². The lowest BCUT2D eigenvalue weighted by atomic mass is 10.2. The van der Waals surface area contributed by atoms with E-state index in [4.69, 9.17) is 4.74 Å². The molecule has 0 radical (unpaired) electrons.